The van der Waals surface area contributed by atoms with Gasteiger partial charge in [-0.05, 0) is 25.9 Å². The predicted octanol–water partition coefficient (Wildman–Crippen LogP) is 0.588. The number of piperazine rings is 1. The van der Waals surface area contributed by atoms with Crippen molar-refractivity contribution in [3.63, 3.8) is 0 Å². The fraction of sp³-hybridized carbons (Fsp3) is 0.929. The van der Waals surface area contributed by atoms with E-state index in [0.717, 1.165) is 65.1 Å². The van der Waals surface area contributed by atoms with Gasteiger partial charge in [0, 0.05) is 32.6 Å². The molecule has 0 bridgehead atoms. The van der Waals surface area contributed by atoms with Gasteiger partial charge in [-0.25, -0.2) is 0 Å². The third kappa shape index (κ3) is 5.01. The molecular weight excluding hydrogens is 258 g/mol. The van der Waals surface area contributed by atoms with E-state index in [9.17, 15) is 4.79 Å². The number of cyclic esters (lactones) is 1. The van der Waals surface area contributed by atoms with Gasteiger partial charge in [-0.2, -0.15) is 5.06 Å². The summed E-state index contributed by atoms with van der Waals surface area (Å²) in [5, 5.41) is 5.35. The van der Waals surface area contributed by atoms with Crippen LogP contribution in [0.2, 0.25) is 0 Å². The van der Waals surface area contributed by atoms with Gasteiger partial charge < -0.3 is 10.1 Å². The lowest BCUT2D eigenvalue weighted by atomic mass is 10.2. The predicted molar refractivity (Wildman–Crippen MR) is 76.0 cm³/mol. The highest BCUT2D eigenvalue weighted by Crippen LogP contribution is 2.19. The largest absolute Gasteiger partial charge is 0.446 e. The summed E-state index contributed by atoms with van der Waals surface area (Å²) in [6.07, 6.45) is 3.65. The second kappa shape index (κ2) is 8.56. The number of carbonyl (C=O) groups is 1. The van der Waals surface area contributed by atoms with Crippen LogP contribution in [0.15, 0.2) is 0 Å². The number of hydrogen-bond donors (Lipinski definition) is 1. The first-order valence-corrected chi connectivity index (χ1v) is 7.81. The number of nitrogens with one attached hydrogen (secondary N) is 1. The second-order valence-corrected chi connectivity index (χ2v) is 5.34. The highest BCUT2D eigenvalue weighted by molar-refractivity contribution is 5.71. The second-order valence-electron chi connectivity index (χ2n) is 5.34. The molecule has 6 heteroatoms. The molecule has 2 saturated heterocycles. The highest BCUT2D eigenvalue weighted by Gasteiger charge is 2.31. The standard InChI is InChI=1S/C14H27N3O3/c1-2-15-7-3-4-12-19-17-10-8-16(9-11-17)13-5-6-14(18)20-13/h13,15H,2-12H2,1H3. The Bertz CT molecular complexity index is 293. The van der Waals surface area contributed by atoms with Crippen LogP contribution in [0.1, 0.15) is 32.6 Å². The van der Waals surface area contributed by atoms with Crippen molar-refractivity contribution < 1.29 is 14.4 Å². The van der Waals surface area contributed by atoms with Crippen LogP contribution < -0.4 is 5.32 Å². The molecule has 6 nitrogen and oxygen atoms in total. The number of rotatable bonds is 8. The molecule has 0 aromatic rings. The molecule has 2 aliphatic rings. The summed E-state index contributed by atoms with van der Waals surface area (Å²) in [5.74, 6) is -0.0608. The van der Waals surface area contributed by atoms with Crippen LogP contribution in [0.3, 0.4) is 0 Å². The molecule has 20 heavy (non-hydrogen) atoms. The van der Waals surface area contributed by atoms with Crippen molar-refractivity contribution in [3.05, 3.63) is 0 Å². The lowest BCUT2D eigenvalue weighted by Gasteiger charge is -2.36. The zero-order valence-electron chi connectivity index (χ0n) is 12.5. The van der Waals surface area contributed by atoms with E-state index in [1.54, 1.807) is 0 Å². The Hall–Kier alpha value is -0.690. The third-order valence-electron chi connectivity index (χ3n) is 3.82. The maximum atomic E-state index is 11.1. The molecule has 1 atom stereocenters. The average molecular weight is 285 g/mol. The first-order chi connectivity index (χ1) is 9.79. The molecule has 116 valence electrons. The Morgan fingerprint density at radius 3 is 2.75 bits per heavy atom. The van der Waals surface area contributed by atoms with E-state index in [-0.39, 0.29) is 12.2 Å². The minimum Gasteiger partial charge on any atom is -0.446 e. The summed E-state index contributed by atoms with van der Waals surface area (Å²) in [6.45, 7) is 8.63. The van der Waals surface area contributed by atoms with E-state index in [2.05, 4.69) is 17.1 Å². The summed E-state index contributed by atoms with van der Waals surface area (Å²) in [4.78, 5) is 19.1. The maximum Gasteiger partial charge on any atom is 0.307 e. The average Bonchev–Trinajstić information content (AvgIpc) is 2.90. The van der Waals surface area contributed by atoms with Crippen molar-refractivity contribution >= 4 is 5.97 Å². The Morgan fingerprint density at radius 2 is 2.10 bits per heavy atom. The summed E-state index contributed by atoms with van der Waals surface area (Å²) in [6, 6.07) is 0. The van der Waals surface area contributed by atoms with Crippen molar-refractivity contribution in [2.45, 2.75) is 38.8 Å². The molecule has 0 spiro atoms. The molecule has 0 aromatic heterocycles. The van der Waals surface area contributed by atoms with Crippen molar-refractivity contribution in [2.75, 3.05) is 45.9 Å². The normalized spacial score (nSPS) is 25.1. The molecule has 0 aliphatic carbocycles. The topological polar surface area (TPSA) is 54.0 Å². The number of carbonyl (C=O) groups excluding carboxylic acids is 1. The molecule has 2 aliphatic heterocycles. The van der Waals surface area contributed by atoms with E-state index in [1.807, 2.05) is 5.06 Å². The van der Waals surface area contributed by atoms with Crippen LogP contribution in [0, 0.1) is 0 Å². The molecule has 0 amide bonds. The lowest BCUT2D eigenvalue weighted by Crippen LogP contribution is -2.50. The van der Waals surface area contributed by atoms with Gasteiger partial charge in [0.2, 0.25) is 0 Å². The number of nitrogens with zero attached hydrogens (tertiary/aromatic N) is 2. The zero-order chi connectivity index (χ0) is 14.2. The molecule has 2 heterocycles. The van der Waals surface area contributed by atoms with Crippen LogP contribution in [0.5, 0.6) is 0 Å². The van der Waals surface area contributed by atoms with E-state index >= 15 is 0 Å². The zero-order valence-corrected chi connectivity index (χ0v) is 12.5. The Morgan fingerprint density at radius 1 is 1.30 bits per heavy atom. The monoisotopic (exact) mass is 285 g/mol. The van der Waals surface area contributed by atoms with Gasteiger partial charge in [0.25, 0.3) is 0 Å². The number of ether oxygens (including phenoxy) is 1. The quantitative estimate of drug-likeness (QED) is 0.520. The summed E-state index contributed by atoms with van der Waals surface area (Å²) < 4.78 is 5.29. The number of unbranched alkanes of at least 4 members (excludes halogenated alkanes) is 1. The van der Waals surface area contributed by atoms with E-state index in [1.165, 1.54) is 0 Å². The third-order valence-corrected chi connectivity index (χ3v) is 3.82. The SMILES string of the molecule is CCNCCCCON1CCN(C2CCC(=O)O2)CC1. The van der Waals surface area contributed by atoms with Gasteiger partial charge in [0.05, 0.1) is 13.0 Å². The molecule has 2 fully saturated rings. The Balaban J connectivity index is 1.52. The minimum absolute atomic E-state index is 0.00442. The van der Waals surface area contributed by atoms with E-state index in [4.69, 9.17) is 9.57 Å². The van der Waals surface area contributed by atoms with Gasteiger partial charge in [0.15, 0.2) is 6.23 Å². The fourth-order valence-corrected chi connectivity index (χ4v) is 2.61. The smallest absolute Gasteiger partial charge is 0.307 e. The maximum absolute atomic E-state index is 11.1. The molecular formula is C14H27N3O3. The Kier molecular flexibility index (Phi) is 6.72. The summed E-state index contributed by atoms with van der Waals surface area (Å²) in [5.41, 5.74) is 0. The summed E-state index contributed by atoms with van der Waals surface area (Å²) in [7, 11) is 0. The molecule has 0 aromatic carbocycles. The summed E-state index contributed by atoms with van der Waals surface area (Å²) >= 11 is 0. The van der Waals surface area contributed by atoms with Crippen LogP contribution >= 0.6 is 0 Å². The van der Waals surface area contributed by atoms with Crippen LogP contribution in [0.25, 0.3) is 0 Å². The number of esters is 1. The van der Waals surface area contributed by atoms with Gasteiger partial charge in [0.1, 0.15) is 0 Å². The molecule has 2 rings (SSSR count). The number of hydrogen-bond acceptors (Lipinski definition) is 6. The van der Waals surface area contributed by atoms with Crippen LogP contribution in [0.4, 0.5) is 0 Å². The highest BCUT2D eigenvalue weighted by atomic mass is 16.7. The van der Waals surface area contributed by atoms with Crippen molar-refractivity contribution in [3.8, 4) is 0 Å². The minimum atomic E-state index is -0.0608. The van der Waals surface area contributed by atoms with Gasteiger partial charge in [-0.15, -0.1) is 0 Å². The fourth-order valence-electron chi connectivity index (χ4n) is 2.61. The van der Waals surface area contributed by atoms with E-state index < -0.39 is 0 Å². The first kappa shape index (κ1) is 15.7. The van der Waals surface area contributed by atoms with Crippen molar-refractivity contribution in [1.29, 1.82) is 0 Å². The van der Waals surface area contributed by atoms with Gasteiger partial charge in [-0.3, -0.25) is 14.5 Å². The number of hydroxylamine groups is 2. The van der Waals surface area contributed by atoms with Crippen LogP contribution in [-0.2, 0) is 14.4 Å². The Labute approximate surface area is 121 Å². The van der Waals surface area contributed by atoms with Crippen molar-refractivity contribution in [1.82, 2.24) is 15.3 Å². The molecule has 1 unspecified atom stereocenters. The van der Waals surface area contributed by atoms with Gasteiger partial charge in [-0.1, -0.05) is 6.92 Å². The first-order valence-electron chi connectivity index (χ1n) is 7.81. The van der Waals surface area contributed by atoms with E-state index in [0.29, 0.717) is 6.42 Å². The molecule has 0 saturated carbocycles. The molecule has 0 radical (unpaired) electrons. The van der Waals surface area contributed by atoms with Gasteiger partial charge >= 0.3 is 5.97 Å². The van der Waals surface area contributed by atoms with Crippen LogP contribution in [-0.4, -0.2) is 68.0 Å². The lowest BCUT2D eigenvalue weighted by molar-refractivity contribution is -0.190. The van der Waals surface area contributed by atoms with Crippen molar-refractivity contribution in [2.24, 2.45) is 0 Å². The molecule has 1 N–H and O–H groups in total.